The summed E-state index contributed by atoms with van der Waals surface area (Å²) in [5.74, 6) is -0.330. The van der Waals surface area contributed by atoms with Crippen LogP contribution < -0.4 is 5.32 Å². The molecule has 2 aromatic heterocycles. The summed E-state index contributed by atoms with van der Waals surface area (Å²) >= 11 is 1.40. The zero-order chi connectivity index (χ0) is 20.4. The third-order valence-electron chi connectivity index (χ3n) is 4.45. The zero-order valence-corrected chi connectivity index (χ0v) is 16.7. The van der Waals surface area contributed by atoms with Gasteiger partial charge in [-0.25, -0.2) is 4.79 Å². The Bertz CT molecular complexity index is 917. The van der Waals surface area contributed by atoms with Gasteiger partial charge in [-0.15, -0.1) is 11.3 Å². The van der Waals surface area contributed by atoms with Gasteiger partial charge in [0.05, 0.1) is 16.6 Å². The first-order valence-electron chi connectivity index (χ1n) is 9.06. The van der Waals surface area contributed by atoms with Crippen molar-refractivity contribution in [1.29, 1.82) is 0 Å². The molecular weight excluding hydrogens is 384 g/mol. The summed E-state index contributed by atoms with van der Waals surface area (Å²) < 4.78 is 6.57. The number of nitro groups is 1. The second-order valence-corrected chi connectivity index (χ2v) is 8.32. The highest BCUT2D eigenvalue weighted by molar-refractivity contribution is 7.17. The lowest BCUT2D eigenvalue weighted by Crippen LogP contribution is -2.21. The maximum absolute atomic E-state index is 12.6. The lowest BCUT2D eigenvalue weighted by atomic mass is 9.88. The van der Waals surface area contributed by atoms with Crippen LogP contribution in [0.25, 0.3) is 0 Å². The van der Waals surface area contributed by atoms with Gasteiger partial charge in [-0.2, -0.15) is 5.10 Å². The van der Waals surface area contributed by atoms with Crippen molar-refractivity contribution in [3.05, 3.63) is 38.5 Å². The maximum Gasteiger partial charge on any atom is 0.341 e. The summed E-state index contributed by atoms with van der Waals surface area (Å²) in [5, 5.41) is 17.8. The normalized spacial score (nSPS) is 15.9. The molecule has 150 valence electrons. The van der Waals surface area contributed by atoms with Crippen LogP contribution in [0.3, 0.4) is 0 Å². The van der Waals surface area contributed by atoms with Crippen molar-refractivity contribution >= 4 is 33.9 Å². The van der Waals surface area contributed by atoms with E-state index in [0.717, 1.165) is 35.9 Å². The molecule has 0 spiro atoms. The van der Waals surface area contributed by atoms with E-state index in [9.17, 15) is 19.7 Å². The molecule has 28 heavy (non-hydrogen) atoms. The van der Waals surface area contributed by atoms with Crippen LogP contribution in [-0.2, 0) is 28.9 Å². The SMILES string of the molecule is CC1CCc2c(sc(NC(=O)Cn3cc([N+](=O)[O-])cn3)c2C(=O)OC(C)C)C1. The number of aromatic nitrogens is 2. The lowest BCUT2D eigenvalue weighted by Gasteiger charge is -2.18. The maximum atomic E-state index is 12.6. The minimum absolute atomic E-state index is 0.186. The minimum atomic E-state index is -0.573. The van der Waals surface area contributed by atoms with Crippen LogP contribution in [0.5, 0.6) is 0 Å². The molecule has 0 saturated carbocycles. The molecule has 1 N–H and O–H groups in total. The second-order valence-electron chi connectivity index (χ2n) is 7.21. The van der Waals surface area contributed by atoms with Crippen LogP contribution in [0, 0.1) is 16.0 Å². The minimum Gasteiger partial charge on any atom is -0.459 e. The van der Waals surface area contributed by atoms with E-state index in [4.69, 9.17) is 4.74 Å². The molecule has 1 aliphatic carbocycles. The number of nitrogens with zero attached hydrogens (tertiary/aromatic N) is 3. The summed E-state index contributed by atoms with van der Waals surface area (Å²) in [6, 6.07) is 0. The third kappa shape index (κ3) is 4.38. The van der Waals surface area contributed by atoms with Crippen molar-refractivity contribution in [3.8, 4) is 0 Å². The van der Waals surface area contributed by atoms with Gasteiger partial charge in [0.15, 0.2) is 0 Å². The molecule has 1 atom stereocenters. The Morgan fingerprint density at radius 2 is 2.25 bits per heavy atom. The fourth-order valence-corrected chi connectivity index (χ4v) is 4.59. The molecule has 2 aromatic rings. The molecule has 0 aromatic carbocycles. The van der Waals surface area contributed by atoms with E-state index in [2.05, 4.69) is 17.3 Å². The van der Waals surface area contributed by atoms with E-state index < -0.39 is 16.8 Å². The fourth-order valence-electron chi connectivity index (χ4n) is 3.17. The van der Waals surface area contributed by atoms with Crippen LogP contribution in [0.15, 0.2) is 12.4 Å². The topological polar surface area (TPSA) is 116 Å². The van der Waals surface area contributed by atoms with Crippen molar-refractivity contribution < 1.29 is 19.2 Å². The van der Waals surface area contributed by atoms with Crippen LogP contribution in [0.4, 0.5) is 10.7 Å². The number of nitrogens with one attached hydrogen (secondary N) is 1. The molecule has 2 heterocycles. The summed E-state index contributed by atoms with van der Waals surface area (Å²) in [5.41, 5.74) is 1.20. The molecule has 0 saturated heterocycles. The Morgan fingerprint density at radius 3 is 2.89 bits per heavy atom. The second kappa shape index (κ2) is 8.09. The van der Waals surface area contributed by atoms with Crippen LogP contribution >= 0.6 is 11.3 Å². The van der Waals surface area contributed by atoms with Gasteiger partial charge in [0, 0.05) is 4.88 Å². The number of carbonyl (C=O) groups excluding carboxylic acids is 2. The number of hydrogen-bond acceptors (Lipinski definition) is 7. The highest BCUT2D eigenvalue weighted by Gasteiger charge is 2.29. The van der Waals surface area contributed by atoms with Crippen molar-refractivity contribution in [3.63, 3.8) is 0 Å². The van der Waals surface area contributed by atoms with E-state index in [-0.39, 0.29) is 18.3 Å². The number of carbonyl (C=O) groups is 2. The van der Waals surface area contributed by atoms with Crippen LogP contribution in [0.1, 0.15) is 48.0 Å². The predicted octanol–water partition coefficient (Wildman–Crippen LogP) is 3.18. The van der Waals surface area contributed by atoms with Crippen molar-refractivity contribution in [2.24, 2.45) is 5.92 Å². The molecule has 0 fully saturated rings. The lowest BCUT2D eigenvalue weighted by molar-refractivity contribution is -0.385. The smallest absolute Gasteiger partial charge is 0.341 e. The monoisotopic (exact) mass is 406 g/mol. The number of thiophene rings is 1. The number of esters is 1. The average Bonchev–Trinajstić information content (AvgIpc) is 3.17. The highest BCUT2D eigenvalue weighted by atomic mass is 32.1. The fraction of sp³-hybridized carbons (Fsp3) is 0.500. The van der Waals surface area contributed by atoms with Gasteiger partial charge >= 0.3 is 11.7 Å². The number of ether oxygens (including phenoxy) is 1. The van der Waals surface area contributed by atoms with E-state index in [1.807, 2.05) is 0 Å². The summed E-state index contributed by atoms with van der Waals surface area (Å²) in [6.45, 7) is 5.53. The first kappa shape index (κ1) is 20.0. The Kier molecular flexibility index (Phi) is 5.78. The van der Waals surface area contributed by atoms with Crippen molar-refractivity contribution in [1.82, 2.24) is 9.78 Å². The summed E-state index contributed by atoms with van der Waals surface area (Å²) in [6.07, 6.45) is 4.63. The zero-order valence-electron chi connectivity index (χ0n) is 15.9. The Morgan fingerprint density at radius 1 is 1.50 bits per heavy atom. The molecule has 10 heteroatoms. The number of fused-ring (bicyclic) bond motifs is 1. The van der Waals surface area contributed by atoms with Crippen LogP contribution in [0.2, 0.25) is 0 Å². The number of anilines is 1. The summed E-state index contributed by atoms with van der Waals surface area (Å²) in [4.78, 5) is 36.4. The first-order chi connectivity index (χ1) is 13.2. The first-order valence-corrected chi connectivity index (χ1v) is 9.88. The number of amides is 1. The molecule has 9 nitrogen and oxygen atoms in total. The standard InChI is InChI=1S/C18H22N4O5S/c1-10(2)27-18(24)16-13-5-4-11(3)6-14(13)28-17(16)20-15(23)9-21-8-12(7-19-21)22(25)26/h7-8,10-11H,4-6,9H2,1-3H3,(H,20,23). The molecular formula is C18H22N4O5S. The Balaban J connectivity index is 1.82. The van der Waals surface area contributed by atoms with Gasteiger partial charge in [0.2, 0.25) is 5.91 Å². The third-order valence-corrected chi connectivity index (χ3v) is 5.62. The van der Waals surface area contributed by atoms with Crippen molar-refractivity contribution in [2.75, 3.05) is 5.32 Å². The molecule has 1 unspecified atom stereocenters. The van der Waals surface area contributed by atoms with Crippen LogP contribution in [-0.4, -0.2) is 32.7 Å². The molecule has 1 amide bonds. The molecule has 3 rings (SSSR count). The van der Waals surface area contributed by atoms with Gasteiger partial charge in [-0.05, 0) is 44.6 Å². The van der Waals surface area contributed by atoms with Crippen molar-refractivity contribution in [2.45, 2.75) is 52.7 Å². The quantitative estimate of drug-likeness (QED) is 0.447. The Hall–Kier alpha value is -2.75. The van der Waals surface area contributed by atoms with Gasteiger partial charge in [-0.1, -0.05) is 6.92 Å². The molecule has 0 aliphatic heterocycles. The molecule has 0 bridgehead atoms. The Labute approximate surface area is 165 Å². The molecule has 0 radical (unpaired) electrons. The predicted molar refractivity (Wildman–Crippen MR) is 104 cm³/mol. The van der Waals surface area contributed by atoms with E-state index >= 15 is 0 Å². The molecule has 1 aliphatic rings. The highest BCUT2D eigenvalue weighted by Crippen LogP contribution is 2.40. The van der Waals surface area contributed by atoms with Gasteiger partial charge in [-0.3, -0.25) is 19.6 Å². The summed E-state index contributed by atoms with van der Waals surface area (Å²) in [7, 11) is 0. The van der Waals surface area contributed by atoms with Gasteiger partial charge in [0.1, 0.15) is 23.9 Å². The van der Waals surface area contributed by atoms with E-state index in [0.29, 0.717) is 16.5 Å². The largest absolute Gasteiger partial charge is 0.459 e. The number of rotatable bonds is 6. The van der Waals surface area contributed by atoms with Gasteiger partial charge < -0.3 is 10.1 Å². The van der Waals surface area contributed by atoms with Gasteiger partial charge in [0.25, 0.3) is 0 Å². The van der Waals surface area contributed by atoms with E-state index in [1.54, 1.807) is 13.8 Å². The number of hydrogen-bond donors (Lipinski definition) is 1. The van der Waals surface area contributed by atoms with E-state index in [1.165, 1.54) is 22.2 Å². The average molecular weight is 406 g/mol.